The minimum absolute atomic E-state index is 0.0440. The summed E-state index contributed by atoms with van der Waals surface area (Å²) in [6, 6.07) is 0. The summed E-state index contributed by atoms with van der Waals surface area (Å²) in [5.41, 5.74) is -0.471. The number of carbonyl (C=O) groups is 1. The molecule has 0 saturated carbocycles. The number of carbonyl (C=O) groups excluding carboxylic acids is 1. The zero-order valence-corrected chi connectivity index (χ0v) is 13.2. The third-order valence-electron chi connectivity index (χ3n) is 3.47. The van der Waals surface area contributed by atoms with Gasteiger partial charge in [-0.05, 0) is 19.1 Å². The topological polar surface area (TPSA) is 134 Å². The molecule has 9 nitrogen and oxygen atoms in total. The van der Waals surface area contributed by atoms with Crippen molar-refractivity contribution >= 4 is 18.2 Å². The number of aliphatic hydroxyl groups excluding tert-OH is 3. The number of hydrogen-bond acceptors (Lipinski definition) is 8. The molecule has 128 valence electrons. The summed E-state index contributed by atoms with van der Waals surface area (Å²) in [5, 5.41) is 28.9. The molecule has 0 aliphatic carbocycles. The molecule has 1 aromatic heterocycles. The maximum Gasteiger partial charge on any atom is 0.310 e. The molecule has 0 unspecified atom stereocenters. The SMILES string of the molecule is CCOC(=O)Cc1cn([C@@H]2O[C@H](CO)[C@@H](O)[C@H]2O)c(=S)[nH]c1=O. The number of nitrogens with one attached hydrogen (secondary N) is 1. The molecule has 0 aromatic carbocycles. The Morgan fingerprint density at radius 3 is 2.74 bits per heavy atom. The fourth-order valence-electron chi connectivity index (χ4n) is 2.32. The highest BCUT2D eigenvalue weighted by Gasteiger charge is 2.43. The molecule has 1 aromatic rings. The smallest absolute Gasteiger partial charge is 0.310 e. The average Bonchev–Trinajstić information content (AvgIpc) is 2.78. The van der Waals surface area contributed by atoms with Gasteiger partial charge in [-0.1, -0.05) is 0 Å². The van der Waals surface area contributed by atoms with Gasteiger partial charge in [-0.15, -0.1) is 0 Å². The van der Waals surface area contributed by atoms with Crippen molar-refractivity contribution in [2.45, 2.75) is 37.9 Å². The molecule has 2 heterocycles. The van der Waals surface area contributed by atoms with Crippen LogP contribution in [0, 0.1) is 4.77 Å². The first-order chi connectivity index (χ1) is 10.9. The van der Waals surface area contributed by atoms with Gasteiger partial charge in [0, 0.05) is 11.8 Å². The summed E-state index contributed by atoms with van der Waals surface area (Å²) in [6.07, 6.45) is -3.70. The van der Waals surface area contributed by atoms with Crippen LogP contribution in [0.15, 0.2) is 11.0 Å². The van der Waals surface area contributed by atoms with Gasteiger partial charge in [0.25, 0.3) is 5.56 Å². The number of H-pyrrole nitrogens is 1. The Morgan fingerprint density at radius 1 is 1.48 bits per heavy atom. The van der Waals surface area contributed by atoms with Gasteiger partial charge in [0.05, 0.1) is 19.6 Å². The number of aromatic nitrogens is 2. The maximum atomic E-state index is 11.9. The molecule has 0 spiro atoms. The normalized spacial score (nSPS) is 27.1. The number of ether oxygens (including phenoxy) is 2. The number of esters is 1. The van der Waals surface area contributed by atoms with E-state index >= 15 is 0 Å². The van der Waals surface area contributed by atoms with Crippen molar-refractivity contribution < 1.29 is 29.6 Å². The van der Waals surface area contributed by atoms with Gasteiger partial charge >= 0.3 is 5.97 Å². The second-order valence-corrected chi connectivity index (χ2v) is 5.42. The lowest BCUT2D eigenvalue weighted by Crippen LogP contribution is -2.33. The summed E-state index contributed by atoms with van der Waals surface area (Å²) in [5.74, 6) is -0.581. The first kappa shape index (κ1) is 17.8. The van der Waals surface area contributed by atoms with Gasteiger partial charge in [0.2, 0.25) is 0 Å². The van der Waals surface area contributed by atoms with Gasteiger partial charge in [-0.25, -0.2) is 0 Å². The zero-order chi connectivity index (χ0) is 17.1. The standard InChI is InChI=1S/C13H18N2O7S/c1-2-21-8(17)3-6-4-15(13(23)14-11(6)20)12-10(19)9(18)7(5-16)22-12/h4,7,9-10,12,16,18-19H,2-3,5H2,1H3,(H,14,20,23)/t7-,9-,10-,12-/m1/s1. The molecule has 0 bridgehead atoms. The molecule has 10 heteroatoms. The van der Waals surface area contributed by atoms with E-state index in [1.54, 1.807) is 6.92 Å². The van der Waals surface area contributed by atoms with Crippen molar-refractivity contribution in [3.63, 3.8) is 0 Å². The van der Waals surface area contributed by atoms with E-state index in [-0.39, 0.29) is 23.4 Å². The van der Waals surface area contributed by atoms with E-state index in [1.807, 2.05) is 0 Å². The van der Waals surface area contributed by atoms with Gasteiger partial charge < -0.3 is 24.8 Å². The number of nitrogens with zero attached hydrogens (tertiary/aromatic N) is 1. The van der Waals surface area contributed by atoms with Gasteiger partial charge in [-0.3, -0.25) is 19.1 Å². The van der Waals surface area contributed by atoms with E-state index < -0.39 is 42.7 Å². The van der Waals surface area contributed by atoms with E-state index in [0.29, 0.717) is 0 Å². The van der Waals surface area contributed by atoms with E-state index in [9.17, 15) is 19.8 Å². The Balaban J connectivity index is 2.34. The van der Waals surface area contributed by atoms with E-state index in [0.717, 1.165) is 0 Å². The fourth-order valence-corrected chi connectivity index (χ4v) is 2.57. The van der Waals surface area contributed by atoms with Gasteiger partial charge in [0.1, 0.15) is 18.3 Å². The lowest BCUT2D eigenvalue weighted by Gasteiger charge is -2.19. The van der Waals surface area contributed by atoms with Crippen molar-refractivity contribution in [1.82, 2.24) is 9.55 Å². The number of aromatic amines is 1. The quantitative estimate of drug-likeness (QED) is 0.379. The van der Waals surface area contributed by atoms with Crippen molar-refractivity contribution in [3.05, 3.63) is 26.9 Å². The monoisotopic (exact) mass is 346 g/mol. The minimum Gasteiger partial charge on any atom is -0.466 e. The number of hydrogen-bond donors (Lipinski definition) is 4. The molecule has 2 rings (SSSR count). The molecule has 1 aliphatic heterocycles. The van der Waals surface area contributed by atoms with Crippen molar-refractivity contribution in [1.29, 1.82) is 0 Å². The summed E-state index contributed by atoms with van der Waals surface area (Å²) in [4.78, 5) is 25.8. The molecular weight excluding hydrogens is 328 g/mol. The van der Waals surface area contributed by atoms with Gasteiger partial charge in [-0.2, -0.15) is 0 Å². The minimum atomic E-state index is -1.35. The van der Waals surface area contributed by atoms with Crippen LogP contribution in [0.2, 0.25) is 0 Å². The second-order valence-electron chi connectivity index (χ2n) is 5.03. The van der Waals surface area contributed by atoms with Gasteiger partial charge in [0.15, 0.2) is 11.0 Å². The first-order valence-corrected chi connectivity index (χ1v) is 7.42. The highest BCUT2D eigenvalue weighted by molar-refractivity contribution is 7.71. The van der Waals surface area contributed by atoms with E-state index in [4.69, 9.17) is 26.8 Å². The third kappa shape index (κ3) is 3.67. The molecule has 4 N–H and O–H groups in total. The van der Waals surface area contributed by atoms with Crippen LogP contribution in [0.3, 0.4) is 0 Å². The highest BCUT2D eigenvalue weighted by atomic mass is 32.1. The maximum absolute atomic E-state index is 11.9. The molecule has 0 amide bonds. The third-order valence-corrected chi connectivity index (χ3v) is 3.79. The van der Waals surface area contributed by atoms with Crippen molar-refractivity contribution in [2.24, 2.45) is 0 Å². The Kier molecular flexibility index (Phi) is 5.65. The predicted molar refractivity (Wildman–Crippen MR) is 79.2 cm³/mol. The Morgan fingerprint density at radius 2 is 2.17 bits per heavy atom. The number of rotatable bonds is 5. The molecule has 1 fully saturated rings. The van der Waals surface area contributed by atoms with Crippen LogP contribution in [-0.2, 0) is 20.7 Å². The van der Waals surface area contributed by atoms with Crippen LogP contribution in [0.25, 0.3) is 0 Å². The van der Waals surface area contributed by atoms with Crippen LogP contribution in [0.4, 0.5) is 0 Å². The van der Waals surface area contributed by atoms with Crippen LogP contribution in [0.5, 0.6) is 0 Å². The molecule has 0 radical (unpaired) electrons. The Bertz CT molecular complexity index is 686. The fraction of sp³-hybridized carbons (Fsp3) is 0.615. The lowest BCUT2D eigenvalue weighted by atomic mass is 10.1. The summed E-state index contributed by atoms with van der Waals surface area (Å²) < 4.78 is 11.3. The molecule has 4 atom stereocenters. The summed E-state index contributed by atoms with van der Waals surface area (Å²) in [6.45, 7) is 1.35. The largest absolute Gasteiger partial charge is 0.466 e. The molecule has 1 saturated heterocycles. The van der Waals surface area contributed by atoms with Crippen molar-refractivity contribution in [3.8, 4) is 0 Å². The summed E-state index contributed by atoms with van der Waals surface area (Å²) in [7, 11) is 0. The molecular formula is C13H18N2O7S. The Labute approximate surface area is 136 Å². The van der Waals surface area contributed by atoms with Crippen LogP contribution in [-0.4, -0.2) is 62.4 Å². The first-order valence-electron chi connectivity index (χ1n) is 7.01. The summed E-state index contributed by atoms with van der Waals surface area (Å²) >= 11 is 5.02. The van der Waals surface area contributed by atoms with Crippen LogP contribution in [0.1, 0.15) is 18.7 Å². The second kappa shape index (κ2) is 7.32. The van der Waals surface area contributed by atoms with E-state index in [2.05, 4.69) is 4.98 Å². The van der Waals surface area contributed by atoms with Crippen molar-refractivity contribution in [2.75, 3.05) is 13.2 Å². The van der Waals surface area contributed by atoms with Crippen LogP contribution < -0.4 is 5.56 Å². The van der Waals surface area contributed by atoms with Crippen LogP contribution >= 0.6 is 12.2 Å². The molecule has 1 aliphatic rings. The predicted octanol–water partition coefficient (Wildman–Crippen LogP) is -1.38. The zero-order valence-electron chi connectivity index (χ0n) is 12.3. The number of aliphatic hydroxyl groups is 3. The van der Waals surface area contributed by atoms with E-state index in [1.165, 1.54) is 10.8 Å². The average molecular weight is 346 g/mol. The molecule has 23 heavy (non-hydrogen) atoms. The highest BCUT2D eigenvalue weighted by Crippen LogP contribution is 2.29. The Hall–Kier alpha value is -1.59. The lowest BCUT2D eigenvalue weighted by molar-refractivity contribution is -0.142.